The second-order valence-corrected chi connectivity index (χ2v) is 4.98. The Morgan fingerprint density at radius 3 is 2.48 bits per heavy atom. The van der Waals surface area contributed by atoms with Crippen LogP contribution in [0.5, 0.6) is 5.75 Å². The van der Waals surface area contributed by atoms with E-state index in [0.717, 1.165) is 0 Å². The van der Waals surface area contributed by atoms with Gasteiger partial charge in [-0.1, -0.05) is 24.3 Å². The third-order valence-corrected chi connectivity index (χ3v) is 3.27. The number of benzene rings is 2. The molecule has 2 rings (SSSR count). The second-order valence-electron chi connectivity index (χ2n) is 4.98. The van der Waals surface area contributed by atoms with Gasteiger partial charge in [0, 0.05) is 0 Å². The molecule has 0 heterocycles. The quantitative estimate of drug-likeness (QED) is 0.622. The molecule has 0 aromatic heterocycles. The maximum atomic E-state index is 12.3. The lowest BCUT2D eigenvalue weighted by molar-refractivity contribution is -0.112. The number of ether oxygens (including phenoxy) is 1. The molecule has 0 saturated heterocycles. The van der Waals surface area contributed by atoms with Crippen LogP contribution in [0.1, 0.15) is 22.8 Å². The minimum atomic E-state index is -1.04. The number of para-hydroxylation sites is 2. The van der Waals surface area contributed by atoms with Crippen LogP contribution < -0.4 is 10.1 Å². The van der Waals surface area contributed by atoms with E-state index in [1.54, 1.807) is 24.3 Å². The molecule has 0 aliphatic heterocycles. The Balaban J connectivity index is 2.21. The molecule has 0 aliphatic carbocycles. The van der Waals surface area contributed by atoms with Crippen molar-refractivity contribution in [2.24, 2.45) is 0 Å². The van der Waals surface area contributed by atoms with E-state index >= 15 is 0 Å². The molecule has 6 heteroatoms. The molecule has 6 nitrogen and oxygen atoms in total. The topological polar surface area (TPSA) is 99.4 Å². The van der Waals surface area contributed by atoms with E-state index in [0.29, 0.717) is 23.6 Å². The van der Waals surface area contributed by atoms with Crippen molar-refractivity contribution in [2.45, 2.75) is 6.92 Å². The number of carbonyl (C=O) groups excluding carboxylic acids is 1. The van der Waals surface area contributed by atoms with Gasteiger partial charge in [-0.05, 0) is 42.8 Å². The Labute approximate surface area is 145 Å². The third-order valence-electron chi connectivity index (χ3n) is 3.27. The summed E-state index contributed by atoms with van der Waals surface area (Å²) >= 11 is 0. The Kier molecular flexibility index (Phi) is 5.91. The molecule has 0 saturated carbocycles. The molecule has 0 bridgehead atoms. The number of anilines is 1. The zero-order valence-corrected chi connectivity index (χ0v) is 13.5. The molecular formula is C19H16N2O4. The molecule has 0 spiro atoms. The summed E-state index contributed by atoms with van der Waals surface area (Å²) in [4.78, 5) is 23.2. The molecule has 0 aliphatic rings. The van der Waals surface area contributed by atoms with E-state index in [9.17, 15) is 14.9 Å². The average Bonchev–Trinajstić information content (AvgIpc) is 2.61. The van der Waals surface area contributed by atoms with E-state index in [1.807, 2.05) is 13.0 Å². The highest BCUT2D eigenvalue weighted by Crippen LogP contribution is 2.24. The van der Waals surface area contributed by atoms with E-state index in [2.05, 4.69) is 5.32 Å². The molecule has 0 radical (unpaired) electrons. The van der Waals surface area contributed by atoms with Crippen LogP contribution in [0.2, 0.25) is 0 Å². The lowest BCUT2D eigenvalue weighted by atomic mass is 10.1. The lowest BCUT2D eigenvalue weighted by Crippen LogP contribution is -2.14. The van der Waals surface area contributed by atoms with Crippen molar-refractivity contribution in [3.05, 3.63) is 65.2 Å². The van der Waals surface area contributed by atoms with Gasteiger partial charge in [-0.15, -0.1) is 0 Å². The van der Waals surface area contributed by atoms with Crippen LogP contribution in [0.3, 0.4) is 0 Å². The zero-order valence-electron chi connectivity index (χ0n) is 13.5. The number of aromatic carboxylic acids is 1. The number of carbonyl (C=O) groups is 2. The van der Waals surface area contributed by atoms with E-state index in [1.165, 1.54) is 30.3 Å². The SMILES string of the molecule is CCOc1ccccc1NC(=O)/C(C#N)=C/c1ccc(C(=O)O)cc1. The van der Waals surface area contributed by atoms with Gasteiger partial charge in [-0.2, -0.15) is 5.26 Å². The molecule has 2 aromatic rings. The number of nitrogens with zero attached hydrogens (tertiary/aromatic N) is 1. The van der Waals surface area contributed by atoms with Crippen molar-refractivity contribution in [3.8, 4) is 11.8 Å². The molecule has 126 valence electrons. The van der Waals surface area contributed by atoms with Gasteiger partial charge in [0.1, 0.15) is 17.4 Å². The predicted octanol–water partition coefficient (Wildman–Crippen LogP) is 3.33. The van der Waals surface area contributed by atoms with Crippen molar-refractivity contribution >= 4 is 23.6 Å². The molecule has 0 fully saturated rings. The number of hydrogen-bond acceptors (Lipinski definition) is 4. The highest BCUT2D eigenvalue weighted by atomic mass is 16.5. The fourth-order valence-corrected chi connectivity index (χ4v) is 2.08. The Morgan fingerprint density at radius 1 is 1.20 bits per heavy atom. The summed E-state index contributed by atoms with van der Waals surface area (Å²) in [6.45, 7) is 2.28. The number of nitrogens with one attached hydrogen (secondary N) is 1. The number of rotatable bonds is 6. The monoisotopic (exact) mass is 336 g/mol. The van der Waals surface area contributed by atoms with Gasteiger partial charge in [0.05, 0.1) is 17.9 Å². The summed E-state index contributed by atoms with van der Waals surface area (Å²) in [5.41, 5.74) is 1.05. The summed E-state index contributed by atoms with van der Waals surface area (Å²) < 4.78 is 5.43. The molecule has 2 N–H and O–H groups in total. The van der Waals surface area contributed by atoms with Crippen molar-refractivity contribution < 1.29 is 19.4 Å². The van der Waals surface area contributed by atoms with Crippen molar-refractivity contribution in [1.29, 1.82) is 5.26 Å². The van der Waals surface area contributed by atoms with Gasteiger partial charge in [0.15, 0.2) is 0 Å². The molecular weight excluding hydrogens is 320 g/mol. The van der Waals surface area contributed by atoms with Gasteiger partial charge in [0.25, 0.3) is 5.91 Å². The fourth-order valence-electron chi connectivity index (χ4n) is 2.08. The van der Waals surface area contributed by atoms with Crippen molar-refractivity contribution in [1.82, 2.24) is 0 Å². The first-order valence-electron chi connectivity index (χ1n) is 7.53. The highest BCUT2D eigenvalue weighted by Gasteiger charge is 2.12. The summed E-state index contributed by atoms with van der Waals surface area (Å²) in [6, 6.07) is 14.7. The first-order valence-corrected chi connectivity index (χ1v) is 7.53. The van der Waals surface area contributed by atoms with Gasteiger partial charge in [-0.25, -0.2) is 4.79 Å². The van der Waals surface area contributed by atoms with E-state index in [-0.39, 0.29) is 11.1 Å². The highest BCUT2D eigenvalue weighted by molar-refractivity contribution is 6.10. The third kappa shape index (κ3) is 4.69. The number of carboxylic acids is 1. The maximum Gasteiger partial charge on any atom is 0.335 e. The van der Waals surface area contributed by atoms with Crippen LogP contribution in [0.15, 0.2) is 54.1 Å². The lowest BCUT2D eigenvalue weighted by Gasteiger charge is -2.10. The number of hydrogen-bond donors (Lipinski definition) is 2. The van der Waals surface area contributed by atoms with Gasteiger partial charge in [-0.3, -0.25) is 4.79 Å². The molecule has 1 amide bonds. The van der Waals surface area contributed by atoms with Gasteiger partial charge >= 0.3 is 5.97 Å². The van der Waals surface area contributed by atoms with Crippen LogP contribution >= 0.6 is 0 Å². The molecule has 25 heavy (non-hydrogen) atoms. The largest absolute Gasteiger partial charge is 0.492 e. The van der Waals surface area contributed by atoms with Gasteiger partial charge in [0.2, 0.25) is 0 Å². The normalized spacial score (nSPS) is 10.6. The summed E-state index contributed by atoms with van der Waals surface area (Å²) in [6.07, 6.45) is 1.39. The summed E-state index contributed by atoms with van der Waals surface area (Å²) in [5, 5.41) is 20.8. The van der Waals surface area contributed by atoms with Gasteiger partial charge < -0.3 is 15.2 Å². The minimum absolute atomic E-state index is 0.102. The van der Waals surface area contributed by atoms with Crippen LogP contribution in [0, 0.1) is 11.3 Å². The summed E-state index contributed by atoms with van der Waals surface area (Å²) in [7, 11) is 0. The smallest absolute Gasteiger partial charge is 0.335 e. The molecule has 0 unspecified atom stereocenters. The van der Waals surface area contributed by atoms with Crippen LogP contribution in [-0.2, 0) is 4.79 Å². The number of amides is 1. The van der Waals surface area contributed by atoms with E-state index < -0.39 is 11.9 Å². The second kappa shape index (κ2) is 8.31. The van der Waals surface area contributed by atoms with Crippen LogP contribution in [-0.4, -0.2) is 23.6 Å². The summed E-state index contributed by atoms with van der Waals surface area (Å²) in [5.74, 6) is -1.10. The molecule has 2 aromatic carbocycles. The Morgan fingerprint density at radius 2 is 1.88 bits per heavy atom. The minimum Gasteiger partial charge on any atom is -0.492 e. The predicted molar refractivity (Wildman–Crippen MR) is 93.2 cm³/mol. The molecule has 0 atom stereocenters. The number of nitriles is 1. The Bertz CT molecular complexity index is 848. The first-order chi connectivity index (χ1) is 12.0. The zero-order chi connectivity index (χ0) is 18.2. The van der Waals surface area contributed by atoms with Crippen molar-refractivity contribution in [2.75, 3.05) is 11.9 Å². The average molecular weight is 336 g/mol. The first kappa shape index (κ1) is 17.8. The maximum absolute atomic E-state index is 12.3. The van der Waals surface area contributed by atoms with Crippen LogP contribution in [0.25, 0.3) is 6.08 Å². The van der Waals surface area contributed by atoms with Crippen molar-refractivity contribution in [3.63, 3.8) is 0 Å². The van der Waals surface area contributed by atoms with Crippen LogP contribution in [0.4, 0.5) is 5.69 Å². The van der Waals surface area contributed by atoms with E-state index in [4.69, 9.17) is 9.84 Å². The fraction of sp³-hybridized carbons (Fsp3) is 0.105. The number of carboxylic acid groups (broad SMARTS) is 1. The standard InChI is InChI=1S/C19H16N2O4/c1-2-25-17-6-4-3-5-16(17)21-18(22)15(12-20)11-13-7-9-14(10-8-13)19(23)24/h3-11H,2H2,1H3,(H,21,22)(H,23,24)/b15-11+. The Hall–Kier alpha value is -3.59.